The fourth-order valence-corrected chi connectivity index (χ4v) is 3.14. The molecule has 0 aliphatic rings. The van der Waals surface area contributed by atoms with Gasteiger partial charge in [0.2, 0.25) is 0 Å². The first-order chi connectivity index (χ1) is 14.0. The molecule has 1 rings (SSSR count). The molecule has 1 aromatic carbocycles. The molecule has 1 atom stereocenters. The second-order valence-electron chi connectivity index (χ2n) is 7.19. The first-order valence-corrected chi connectivity index (χ1v) is 10.0. The topological polar surface area (TPSA) is 27.7 Å². The first-order valence-electron chi connectivity index (χ1n) is 10.0. The van der Waals surface area contributed by atoms with Crippen LogP contribution in [0.2, 0.25) is 0 Å². The van der Waals surface area contributed by atoms with Crippen LogP contribution in [0, 0.1) is 0 Å². The molecule has 0 saturated heterocycles. The van der Waals surface area contributed by atoms with Crippen molar-refractivity contribution in [2.45, 2.75) is 83.2 Å². The summed E-state index contributed by atoms with van der Waals surface area (Å²) >= 11 is 0. The van der Waals surface area contributed by atoms with Gasteiger partial charge in [-0.25, -0.2) is 0 Å². The Morgan fingerprint density at radius 3 is 1.73 bits per heavy atom. The summed E-state index contributed by atoms with van der Waals surface area (Å²) < 4.78 is 94.2. The van der Waals surface area contributed by atoms with E-state index in [0.29, 0.717) is 6.42 Å². The summed E-state index contributed by atoms with van der Waals surface area (Å²) in [6.45, 7) is 1.05. The Labute approximate surface area is 173 Å². The van der Waals surface area contributed by atoms with E-state index in [1.165, 1.54) is 14.2 Å². The van der Waals surface area contributed by atoms with Crippen molar-refractivity contribution in [3.05, 3.63) is 34.9 Å². The molecule has 174 valence electrons. The number of rotatable bonds is 13. The maximum atomic E-state index is 13.1. The Hall–Kier alpha value is -1.32. The zero-order chi connectivity index (χ0) is 22.8. The standard InChI is InChI=1S/C21H30F6O3/c1-4-5-6-7-8-9-10-18(30-19(28-2)29-3)13-15-11-16(20(22,23)24)14-17(12-15)21(25,26)27/h11-12,14,18-19H,4-10,13H2,1-3H3. The largest absolute Gasteiger partial charge is 0.416 e. The van der Waals surface area contributed by atoms with Crippen LogP contribution in [0.25, 0.3) is 0 Å². The van der Waals surface area contributed by atoms with Crippen molar-refractivity contribution in [2.75, 3.05) is 14.2 Å². The van der Waals surface area contributed by atoms with Crippen LogP contribution in [0.4, 0.5) is 26.3 Å². The number of methoxy groups -OCH3 is 2. The number of unbranched alkanes of at least 4 members (excludes halogenated alkanes) is 5. The molecule has 0 amide bonds. The van der Waals surface area contributed by atoms with Crippen LogP contribution in [0.1, 0.15) is 68.6 Å². The highest BCUT2D eigenvalue weighted by Gasteiger charge is 2.37. The molecule has 0 fully saturated rings. The molecule has 0 heterocycles. The SMILES string of the molecule is CCCCCCCCC(Cc1cc(C(F)(F)F)cc(C(F)(F)F)c1)OC(OC)OC. The monoisotopic (exact) mass is 444 g/mol. The van der Waals surface area contributed by atoms with Crippen molar-refractivity contribution < 1.29 is 40.6 Å². The van der Waals surface area contributed by atoms with Crippen LogP contribution in [0.15, 0.2) is 18.2 Å². The maximum absolute atomic E-state index is 13.1. The number of alkyl halides is 6. The lowest BCUT2D eigenvalue weighted by Crippen LogP contribution is -2.27. The van der Waals surface area contributed by atoms with Crippen molar-refractivity contribution in [3.63, 3.8) is 0 Å². The molecule has 0 aliphatic heterocycles. The molecule has 3 nitrogen and oxygen atoms in total. The highest BCUT2D eigenvalue weighted by Crippen LogP contribution is 2.36. The Morgan fingerprint density at radius 1 is 0.767 bits per heavy atom. The van der Waals surface area contributed by atoms with E-state index in [1.807, 2.05) is 0 Å². The molecule has 1 aromatic rings. The number of benzene rings is 1. The second-order valence-corrected chi connectivity index (χ2v) is 7.19. The number of hydrogen-bond donors (Lipinski definition) is 0. The van der Waals surface area contributed by atoms with Gasteiger partial charge >= 0.3 is 12.4 Å². The minimum absolute atomic E-state index is 0.0981. The average molecular weight is 444 g/mol. The van der Waals surface area contributed by atoms with E-state index in [0.717, 1.165) is 50.7 Å². The molecular formula is C21H30F6O3. The summed E-state index contributed by atoms with van der Waals surface area (Å²) in [5.74, 6) is 0. The van der Waals surface area contributed by atoms with E-state index < -0.39 is 36.1 Å². The predicted octanol–water partition coefficient (Wildman–Crippen LogP) is 6.98. The lowest BCUT2D eigenvalue weighted by molar-refractivity contribution is -0.284. The fourth-order valence-electron chi connectivity index (χ4n) is 3.14. The number of hydrogen-bond acceptors (Lipinski definition) is 3. The van der Waals surface area contributed by atoms with Gasteiger partial charge in [0.05, 0.1) is 17.2 Å². The second kappa shape index (κ2) is 12.5. The quantitative estimate of drug-likeness (QED) is 0.187. The van der Waals surface area contributed by atoms with Gasteiger partial charge in [-0.2, -0.15) is 26.3 Å². The van der Waals surface area contributed by atoms with E-state index in [4.69, 9.17) is 14.2 Å². The van der Waals surface area contributed by atoms with Crippen LogP contribution < -0.4 is 0 Å². The molecule has 0 saturated carbocycles. The third-order valence-electron chi connectivity index (χ3n) is 4.68. The lowest BCUT2D eigenvalue weighted by Gasteiger charge is -2.24. The van der Waals surface area contributed by atoms with E-state index in [-0.39, 0.29) is 18.1 Å². The van der Waals surface area contributed by atoms with E-state index in [1.54, 1.807) is 0 Å². The van der Waals surface area contributed by atoms with Gasteiger partial charge in [0.15, 0.2) is 0 Å². The van der Waals surface area contributed by atoms with Crippen molar-refractivity contribution in [1.82, 2.24) is 0 Å². The normalized spacial score (nSPS) is 13.8. The van der Waals surface area contributed by atoms with Crippen molar-refractivity contribution in [2.24, 2.45) is 0 Å². The van der Waals surface area contributed by atoms with Crippen molar-refractivity contribution >= 4 is 0 Å². The van der Waals surface area contributed by atoms with E-state index in [2.05, 4.69) is 6.92 Å². The summed E-state index contributed by atoms with van der Waals surface area (Å²) in [6, 6.07) is 1.60. The summed E-state index contributed by atoms with van der Waals surface area (Å²) in [4.78, 5) is 0. The zero-order valence-electron chi connectivity index (χ0n) is 17.5. The summed E-state index contributed by atoms with van der Waals surface area (Å²) in [6.07, 6.45) is -4.10. The van der Waals surface area contributed by atoms with Gasteiger partial charge in [0, 0.05) is 14.2 Å². The molecule has 0 radical (unpaired) electrons. The van der Waals surface area contributed by atoms with Gasteiger partial charge in [-0.05, 0) is 36.6 Å². The Kier molecular flexibility index (Phi) is 11.1. The predicted molar refractivity (Wildman–Crippen MR) is 101 cm³/mol. The smallest absolute Gasteiger partial charge is 0.333 e. The van der Waals surface area contributed by atoms with Crippen molar-refractivity contribution in [3.8, 4) is 0 Å². The Bertz CT molecular complexity index is 579. The molecule has 30 heavy (non-hydrogen) atoms. The summed E-state index contributed by atoms with van der Waals surface area (Å²) in [7, 11) is 2.67. The Balaban J connectivity index is 2.99. The van der Waals surface area contributed by atoms with Gasteiger partial charge < -0.3 is 14.2 Å². The molecule has 0 bridgehead atoms. The van der Waals surface area contributed by atoms with Gasteiger partial charge in [-0.1, -0.05) is 45.4 Å². The maximum Gasteiger partial charge on any atom is 0.416 e. The average Bonchev–Trinajstić information content (AvgIpc) is 2.66. The molecule has 0 aliphatic carbocycles. The third-order valence-corrected chi connectivity index (χ3v) is 4.68. The minimum atomic E-state index is -4.88. The van der Waals surface area contributed by atoms with Crippen LogP contribution in [-0.4, -0.2) is 26.8 Å². The number of ether oxygens (including phenoxy) is 3. The summed E-state index contributed by atoms with van der Waals surface area (Å²) in [5, 5.41) is 0. The highest BCUT2D eigenvalue weighted by atomic mass is 19.4. The molecule has 1 unspecified atom stereocenters. The van der Waals surface area contributed by atoms with Crippen LogP contribution >= 0.6 is 0 Å². The molecule has 0 N–H and O–H groups in total. The molecule has 0 spiro atoms. The van der Waals surface area contributed by atoms with E-state index >= 15 is 0 Å². The first kappa shape index (κ1) is 26.7. The minimum Gasteiger partial charge on any atom is -0.333 e. The highest BCUT2D eigenvalue weighted by molar-refractivity contribution is 5.34. The third kappa shape index (κ3) is 9.66. The zero-order valence-corrected chi connectivity index (χ0v) is 17.5. The fraction of sp³-hybridized carbons (Fsp3) is 0.714. The summed E-state index contributed by atoms with van der Waals surface area (Å²) in [5.41, 5.74) is -2.76. The molecule has 9 heteroatoms. The number of halogens is 6. The van der Waals surface area contributed by atoms with E-state index in [9.17, 15) is 26.3 Å². The van der Waals surface area contributed by atoms with Crippen LogP contribution in [0.5, 0.6) is 0 Å². The van der Waals surface area contributed by atoms with Crippen molar-refractivity contribution in [1.29, 1.82) is 0 Å². The van der Waals surface area contributed by atoms with Crippen LogP contribution in [0.3, 0.4) is 0 Å². The lowest BCUT2D eigenvalue weighted by atomic mass is 9.97. The van der Waals surface area contributed by atoms with Gasteiger partial charge in [0.1, 0.15) is 0 Å². The van der Waals surface area contributed by atoms with Gasteiger partial charge in [0.25, 0.3) is 6.48 Å². The molecule has 0 aromatic heterocycles. The Morgan fingerprint density at radius 2 is 1.27 bits per heavy atom. The molecular weight excluding hydrogens is 414 g/mol. The van der Waals surface area contributed by atoms with Crippen LogP contribution in [-0.2, 0) is 33.0 Å². The van der Waals surface area contributed by atoms with Gasteiger partial charge in [-0.15, -0.1) is 0 Å². The van der Waals surface area contributed by atoms with Gasteiger partial charge in [-0.3, -0.25) is 0 Å².